The fourth-order valence-corrected chi connectivity index (χ4v) is 3.49. The van der Waals surface area contributed by atoms with Gasteiger partial charge in [-0.15, -0.1) is 0 Å². The Labute approximate surface area is 169 Å². The van der Waals surface area contributed by atoms with E-state index < -0.39 is 0 Å². The third kappa shape index (κ3) is 4.14. The topological polar surface area (TPSA) is 112 Å². The van der Waals surface area contributed by atoms with Crippen molar-refractivity contribution in [2.24, 2.45) is 0 Å². The van der Waals surface area contributed by atoms with E-state index in [1.807, 2.05) is 32.0 Å². The molecule has 0 spiro atoms. The summed E-state index contributed by atoms with van der Waals surface area (Å²) >= 11 is 0. The molecule has 0 aromatic carbocycles. The summed E-state index contributed by atoms with van der Waals surface area (Å²) in [4.78, 5) is 8.93. The molecule has 0 saturated carbocycles. The molecule has 3 aromatic rings. The third-order valence-electron chi connectivity index (χ3n) is 4.88. The molecule has 148 valence electrons. The number of H-pyrrole nitrogens is 1. The van der Waals surface area contributed by atoms with Crippen LogP contribution in [0.5, 0.6) is 5.75 Å². The van der Waals surface area contributed by atoms with Gasteiger partial charge in [0.1, 0.15) is 30.1 Å². The van der Waals surface area contributed by atoms with Gasteiger partial charge in [-0.05, 0) is 56.4 Å². The lowest BCUT2D eigenvalue weighted by molar-refractivity contribution is 0.331. The van der Waals surface area contributed by atoms with Crippen LogP contribution in [0, 0.1) is 25.2 Å². The quantitative estimate of drug-likeness (QED) is 0.531. The van der Waals surface area contributed by atoms with Crippen LogP contribution < -0.4 is 15.4 Å². The second-order valence-electron chi connectivity index (χ2n) is 7.08. The van der Waals surface area contributed by atoms with Crippen molar-refractivity contribution in [3.8, 4) is 11.8 Å². The van der Waals surface area contributed by atoms with Gasteiger partial charge in [0.15, 0.2) is 5.82 Å². The van der Waals surface area contributed by atoms with E-state index in [2.05, 4.69) is 31.9 Å². The van der Waals surface area contributed by atoms with Gasteiger partial charge in [-0.3, -0.25) is 10.1 Å². The Bertz CT molecular complexity index is 1050. The van der Waals surface area contributed by atoms with Crippen molar-refractivity contribution in [2.75, 3.05) is 23.8 Å². The molecule has 3 aromatic heterocycles. The molecule has 8 nitrogen and oxygen atoms in total. The number of hydrogen-bond donors (Lipinski definition) is 3. The first kappa shape index (κ1) is 18.7. The molecule has 29 heavy (non-hydrogen) atoms. The number of aromatic amines is 1. The molecule has 8 heteroatoms. The van der Waals surface area contributed by atoms with Crippen LogP contribution in [0.2, 0.25) is 0 Å². The summed E-state index contributed by atoms with van der Waals surface area (Å²) < 4.78 is 5.71. The molecule has 0 radical (unpaired) electrons. The minimum Gasteiger partial charge on any atom is -0.490 e. The van der Waals surface area contributed by atoms with E-state index >= 15 is 0 Å². The molecule has 0 aliphatic heterocycles. The summed E-state index contributed by atoms with van der Waals surface area (Å²) in [5.74, 6) is 2.77. The molecular weight excluding hydrogens is 366 g/mol. The first-order valence-corrected chi connectivity index (χ1v) is 9.68. The highest BCUT2D eigenvalue weighted by molar-refractivity contribution is 5.69. The Balaban J connectivity index is 1.50. The van der Waals surface area contributed by atoms with E-state index in [0.717, 1.165) is 59.2 Å². The largest absolute Gasteiger partial charge is 0.490 e. The van der Waals surface area contributed by atoms with Gasteiger partial charge in [0, 0.05) is 17.5 Å². The number of nitrogens with zero attached hydrogens (tertiary/aromatic N) is 4. The summed E-state index contributed by atoms with van der Waals surface area (Å²) in [6, 6.07) is 8.06. The zero-order valence-electron chi connectivity index (χ0n) is 16.5. The van der Waals surface area contributed by atoms with Crippen LogP contribution in [0.15, 0.2) is 24.4 Å². The Morgan fingerprint density at radius 3 is 2.79 bits per heavy atom. The van der Waals surface area contributed by atoms with Crippen LogP contribution in [0.25, 0.3) is 0 Å². The average molecular weight is 389 g/mol. The van der Waals surface area contributed by atoms with E-state index in [1.165, 1.54) is 0 Å². The lowest BCUT2D eigenvalue weighted by Crippen LogP contribution is -2.15. The fraction of sp³-hybridized carbons (Fsp3) is 0.333. The number of pyridine rings is 2. The van der Waals surface area contributed by atoms with Crippen molar-refractivity contribution in [2.45, 2.75) is 33.1 Å². The van der Waals surface area contributed by atoms with Crippen LogP contribution in [-0.4, -0.2) is 33.3 Å². The first-order chi connectivity index (χ1) is 14.1. The van der Waals surface area contributed by atoms with Crippen LogP contribution in [-0.2, 0) is 12.8 Å². The SMILES string of the molecule is Cc1ccc(OCCNc2nc(Nc3cc(C)[nH]n3)c3c(c2C#N)CCC3)cn1. The van der Waals surface area contributed by atoms with Gasteiger partial charge in [0.25, 0.3) is 0 Å². The Morgan fingerprint density at radius 2 is 2.07 bits per heavy atom. The molecule has 0 saturated heterocycles. The summed E-state index contributed by atoms with van der Waals surface area (Å²) in [6.07, 6.45) is 4.52. The van der Waals surface area contributed by atoms with Gasteiger partial charge in [0.05, 0.1) is 18.3 Å². The molecule has 0 bridgehead atoms. The third-order valence-corrected chi connectivity index (χ3v) is 4.88. The zero-order chi connectivity index (χ0) is 20.2. The van der Waals surface area contributed by atoms with Crippen LogP contribution in [0.1, 0.15) is 34.5 Å². The van der Waals surface area contributed by atoms with E-state index in [-0.39, 0.29) is 0 Å². The van der Waals surface area contributed by atoms with Gasteiger partial charge >= 0.3 is 0 Å². The number of ether oxygens (including phenoxy) is 1. The molecule has 0 fully saturated rings. The van der Waals surface area contributed by atoms with Gasteiger partial charge < -0.3 is 15.4 Å². The van der Waals surface area contributed by atoms with E-state index in [0.29, 0.717) is 24.5 Å². The van der Waals surface area contributed by atoms with Gasteiger partial charge in [-0.25, -0.2) is 4.98 Å². The molecule has 1 aliphatic rings. The monoisotopic (exact) mass is 389 g/mol. The van der Waals surface area contributed by atoms with Crippen LogP contribution >= 0.6 is 0 Å². The number of nitriles is 1. The van der Waals surface area contributed by atoms with Gasteiger partial charge in [0.2, 0.25) is 0 Å². The summed E-state index contributed by atoms with van der Waals surface area (Å²) in [5.41, 5.74) is 4.72. The zero-order valence-corrected chi connectivity index (χ0v) is 16.5. The van der Waals surface area contributed by atoms with Crippen LogP contribution in [0.4, 0.5) is 17.5 Å². The minimum atomic E-state index is 0.440. The number of nitrogens with one attached hydrogen (secondary N) is 3. The number of aromatic nitrogens is 4. The Hall–Kier alpha value is -3.60. The maximum Gasteiger partial charge on any atom is 0.153 e. The summed E-state index contributed by atoms with van der Waals surface area (Å²) in [6.45, 7) is 4.85. The highest BCUT2D eigenvalue weighted by Crippen LogP contribution is 2.35. The van der Waals surface area contributed by atoms with Crippen molar-refractivity contribution in [1.29, 1.82) is 5.26 Å². The molecular formula is C21H23N7O. The summed E-state index contributed by atoms with van der Waals surface area (Å²) in [5, 5.41) is 23.4. The molecule has 3 N–H and O–H groups in total. The number of hydrogen-bond acceptors (Lipinski definition) is 7. The van der Waals surface area contributed by atoms with Crippen molar-refractivity contribution in [1.82, 2.24) is 20.2 Å². The van der Waals surface area contributed by atoms with Crippen molar-refractivity contribution in [3.05, 3.63) is 52.5 Å². The maximum atomic E-state index is 9.72. The molecule has 1 aliphatic carbocycles. The van der Waals surface area contributed by atoms with E-state index in [4.69, 9.17) is 9.72 Å². The number of rotatable bonds is 7. The average Bonchev–Trinajstić information content (AvgIpc) is 3.36. The number of fused-ring (bicyclic) bond motifs is 1. The first-order valence-electron chi connectivity index (χ1n) is 9.68. The Morgan fingerprint density at radius 1 is 1.21 bits per heavy atom. The fourth-order valence-electron chi connectivity index (χ4n) is 3.49. The molecule has 0 amide bonds. The van der Waals surface area contributed by atoms with E-state index in [1.54, 1.807) is 6.20 Å². The Kier molecular flexibility index (Phi) is 5.29. The maximum absolute atomic E-state index is 9.72. The standard InChI is InChI=1S/C21H23N7O/c1-13-6-7-15(12-24-13)29-9-8-23-20-18(11-22)16-4-3-5-17(16)21(26-20)25-19-10-14(2)27-28-19/h6-7,10,12H,3-5,8-9H2,1-2H3,(H3,23,25,26,27,28). The lowest BCUT2D eigenvalue weighted by atomic mass is 10.1. The molecule has 4 rings (SSSR count). The second-order valence-corrected chi connectivity index (χ2v) is 7.08. The predicted octanol–water partition coefficient (Wildman–Crippen LogP) is 3.41. The molecule has 0 unspecified atom stereocenters. The number of aryl methyl sites for hydroxylation is 2. The second kappa shape index (κ2) is 8.19. The van der Waals surface area contributed by atoms with E-state index in [9.17, 15) is 5.26 Å². The predicted molar refractivity (Wildman–Crippen MR) is 111 cm³/mol. The molecule has 3 heterocycles. The summed E-state index contributed by atoms with van der Waals surface area (Å²) in [7, 11) is 0. The van der Waals surface area contributed by atoms with Crippen molar-refractivity contribution < 1.29 is 4.74 Å². The van der Waals surface area contributed by atoms with Crippen LogP contribution in [0.3, 0.4) is 0 Å². The highest BCUT2D eigenvalue weighted by Gasteiger charge is 2.24. The number of anilines is 3. The van der Waals surface area contributed by atoms with Crippen molar-refractivity contribution in [3.63, 3.8) is 0 Å². The highest BCUT2D eigenvalue weighted by atomic mass is 16.5. The lowest BCUT2D eigenvalue weighted by Gasteiger charge is -2.15. The van der Waals surface area contributed by atoms with Crippen molar-refractivity contribution >= 4 is 17.5 Å². The van der Waals surface area contributed by atoms with Gasteiger partial charge in [-0.2, -0.15) is 10.4 Å². The smallest absolute Gasteiger partial charge is 0.153 e. The normalized spacial score (nSPS) is 12.3. The minimum absolute atomic E-state index is 0.440. The molecule has 0 atom stereocenters. The van der Waals surface area contributed by atoms with Gasteiger partial charge in [-0.1, -0.05) is 0 Å².